The third-order valence-corrected chi connectivity index (χ3v) is 5.33. The second-order valence-corrected chi connectivity index (χ2v) is 7.71. The predicted octanol–water partition coefficient (Wildman–Crippen LogP) is 3.60. The lowest BCUT2D eigenvalue weighted by Gasteiger charge is -2.22. The molecule has 1 aromatic carbocycles. The van der Waals surface area contributed by atoms with Gasteiger partial charge >= 0.3 is 0 Å². The van der Waals surface area contributed by atoms with E-state index in [0.717, 1.165) is 12.1 Å². The number of halogens is 1. The van der Waals surface area contributed by atoms with Gasteiger partial charge in [0.1, 0.15) is 5.69 Å². The van der Waals surface area contributed by atoms with E-state index in [1.54, 1.807) is 35.2 Å². The van der Waals surface area contributed by atoms with E-state index in [0.29, 0.717) is 41.8 Å². The Labute approximate surface area is 162 Å². The molecule has 1 saturated heterocycles. The van der Waals surface area contributed by atoms with Crippen LogP contribution < -0.4 is 5.73 Å². The van der Waals surface area contributed by atoms with Crippen LogP contribution in [-0.4, -0.2) is 40.2 Å². The number of aromatic nitrogens is 2. The number of likely N-dealkylation sites (tertiary alicyclic amines) is 1. The number of rotatable bonds is 4. The number of hydrogen-bond acceptors (Lipinski definition) is 4. The standard InChI is InChI=1S/C20H21ClN4O2/c1-20(12-22)7-8-24(13-20)19(26)16-11-17(18-6-3-9-27-18)25(23-16)15-5-2-4-14(21)10-15/h2-6,9-11H,7-8,12-13,22H2,1H3. The van der Waals surface area contributed by atoms with Crippen molar-refractivity contribution in [2.24, 2.45) is 11.1 Å². The zero-order valence-electron chi connectivity index (χ0n) is 15.1. The summed E-state index contributed by atoms with van der Waals surface area (Å²) in [5, 5.41) is 5.17. The van der Waals surface area contributed by atoms with E-state index in [9.17, 15) is 4.79 Å². The Morgan fingerprint density at radius 2 is 2.19 bits per heavy atom. The molecule has 140 valence electrons. The Hall–Kier alpha value is -2.57. The average Bonchev–Trinajstić information content (AvgIpc) is 3.40. The Balaban J connectivity index is 1.73. The van der Waals surface area contributed by atoms with Crippen LogP contribution in [0.25, 0.3) is 17.1 Å². The molecule has 27 heavy (non-hydrogen) atoms. The van der Waals surface area contributed by atoms with Crippen LogP contribution in [-0.2, 0) is 0 Å². The average molecular weight is 385 g/mol. The fourth-order valence-corrected chi connectivity index (χ4v) is 3.60. The van der Waals surface area contributed by atoms with Gasteiger partial charge in [0.05, 0.1) is 12.0 Å². The largest absolute Gasteiger partial charge is 0.463 e. The summed E-state index contributed by atoms with van der Waals surface area (Å²) in [7, 11) is 0. The van der Waals surface area contributed by atoms with Gasteiger partial charge in [-0.15, -0.1) is 0 Å². The van der Waals surface area contributed by atoms with Crippen LogP contribution >= 0.6 is 11.6 Å². The molecule has 3 aromatic rings. The molecule has 2 aromatic heterocycles. The normalized spacial score (nSPS) is 19.6. The molecule has 1 atom stereocenters. The van der Waals surface area contributed by atoms with E-state index in [1.807, 2.05) is 23.1 Å². The van der Waals surface area contributed by atoms with Crippen LogP contribution in [0.3, 0.4) is 0 Å². The molecule has 1 aliphatic rings. The van der Waals surface area contributed by atoms with Crippen LogP contribution in [0.2, 0.25) is 5.02 Å². The highest BCUT2D eigenvalue weighted by molar-refractivity contribution is 6.30. The highest BCUT2D eigenvalue weighted by Crippen LogP contribution is 2.31. The van der Waals surface area contributed by atoms with Gasteiger partial charge in [-0.2, -0.15) is 5.10 Å². The second kappa shape index (κ2) is 6.87. The maximum atomic E-state index is 13.0. The lowest BCUT2D eigenvalue weighted by atomic mass is 9.90. The summed E-state index contributed by atoms with van der Waals surface area (Å²) in [5.74, 6) is 0.538. The van der Waals surface area contributed by atoms with E-state index in [4.69, 9.17) is 21.8 Å². The molecule has 1 unspecified atom stereocenters. The molecule has 7 heteroatoms. The lowest BCUT2D eigenvalue weighted by molar-refractivity contribution is 0.0770. The van der Waals surface area contributed by atoms with Crippen LogP contribution in [0, 0.1) is 5.41 Å². The Bertz CT molecular complexity index is 966. The molecule has 2 N–H and O–H groups in total. The fourth-order valence-electron chi connectivity index (χ4n) is 3.42. The fraction of sp³-hybridized carbons (Fsp3) is 0.300. The number of hydrogen-bond donors (Lipinski definition) is 1. The molecule has 0 saturated carbocycles. The molecule has 4 rings (SSSR count). The summed E-state index contributed by atoms with van der Waals surface area (Å²) < 4.78 is 7.24. The monoisotopic (exact) mass is 384 g/mol. The van der Waals surface area contributed by atoms with Crippen molar-refractivity contribution in [3.8, 4) is 17.1 Å². The Morgan fingerprint density at radius 3 is 2.85 bits per heavy atom. The van der Waals surface area contributed by atoms with Gasteiger partial charge in [-0.05, 0) is 48.7 Å². The number of amides is 1. The van der Waals surface area contributed by atoms with Crippen molar-refractivity contribution in [3.05, 3.63) is 59.4 Å². The van der Waals surface area contributed by atoms with E-state index in [-0.39, 0.29) is 11.3 Å². The van der Waals surface area contributed by atoms with Gasteiger partial charge in [0.25, 0.3) is 5.91 Å². The molecule has 1 fully saturated rings. The molecule has 0 spiro atoms. The predicted molar refractivity (Wildman–Crippen MR) is 104 cm³/mol. The summed E-state index contributed by atoms with van der Waals surface area (Å²) in [6.07, 6.45) is 2.49. The molecule has 1 amide bonds. The number of benzene rings is 1. The number of carbonyl (C=O) groups is 1. The van der Waals surface area contributed by atoms with Crippen LogP contribution in [0.15, 0.2) is 53.1 Å². The third kappa shape index (κ3) is 3.38. The van der Waals surface area contributed by atoms with Gasteiger partial charge in [0.2, 0.25) is 0 Å². The van der Waals surface area contributed by atoms with E-state index in [2.05, 4.69) is 12.0 Å². The van der Waals surface area contributed by atoms with Gasteiger partial charge in [-0.1, -0.05) is 24.6 Å². The summed E-state index contributed by atoms with van der Waals surface area (Å²) >= 11 is 6.14. The number of furan rings is 1. The SMILES string of the molecule is CC1(CN)CCN(C(=O)c2cc(-c3ccco3)n(-c3cccc(Cl)c3)n2)C1. The van der Waals surface area contributed by atoms with Gasteiger partial charge < -0.3 is 15.1 Å². The highest BCUT2D eigenvalue weighted by atomic mass is 35.5. The van der Waals surface area contributed by atoms with Crippen molar-refractivity contribution in [2.75, 3.05) is 19.6 Å². The zero-order chi connectivity index (χ0) is 19.0. The number of nitrogens with zero attached hydrogens (tertiary/aromatic N) is 3. The first-order valence-corrected chi connectivity index (χ1v) is 9.26. The first-order valence-electron chi connectivity index (χ1n) is 8.88. The summed E-state index contributed by atoms with van der Waals surface area (Å²) in [5.41, 5.74) is 7.68. The third-order valence-electron chi connectivity index (χ3n) is 5.09. The van der Waals surface area contributed by atoms with Gasteiger partial charge in [-0.25, -0.2) is 4.68 Å². The maximum absolute atomic E-state index is 13.0. The second-order valence-electron chi connectivity index (χ2n) is 7.28. The number of nitrogens with two attached hydrogens (primary N) is 1. The summed E-state index contributed by atoms with van der Waals surface area (Å²) in [4.78, 5) is 14.9. The molecule has 0 radical (unpaired) electrons. The van der Waals surface area contributed by atoms with E-state index in [1.165, 1.54) is 0 Å². The smallest absolute Gasteiger partial charge is 0.274 e. The van der Waals surface area contributed by atoms with Crippen molar-refractivity contribution < 1.29 is 9.21 Å². The topological polar surface area (TPSA) is 77.3 Å². The number of carbonyl (C=O) groups excluding carboxylic acids is 1. The first kappa shape index (κ1) is 17.8. The Kier molecular flexibility index (Phi) is 4.53. The van der Waals surface area contributed by atoms with Crippen molar-refractivity contribution in [2.45, 2.75) is 13.3 Å². The molecule has 6 nitrogen and oxygen atoms in total. The molecule has 0 aliphatic carbocycles. The molecular formula is C20H21ClN4O2. The molecular weight excluding hydrogens is 364 g/mol. The van der Waals surface area contributed by atoms with Crippen LogP contribution in [0.5, 0.6) is 0 Å². The van der Waals surface area contributed by atoms with E-state index < -0.39 is 0 Å². The van der Waals surface area contributed by atoms with E-state index >= 15 is 0 Å². The van der Waals surface area contributed by atoms with Crippen molar-refractivity contribution in [3.63, 3.8) is 0 Å². The van der Waals surface area contributed by atoms with Gasteiger partial charge in [-0.3, -0.25) is 4.79 Å². The van der Waals surface area contributed by atoms with Crippen molar-refractivity contribution >= 4 is 17.5 Å². The Morgan fingerprint density at radius 1 is 1.33 bits per heavy atom. The minimum atomic E-state index is -0.0965. The maximum Gasteiger partial charge on any atom is 0.274 e. The quantitative estimate of drug-likeness (QED) is 0.745. The zero-order valence-corrected chi connectivity index (χ0v) is 15.8. The lowest BCUT2D eigenvalue weighted by Crippen LogP contribution is -2.34. The first-order chi connectivity index (χ1) is 13.0. The minimum absolute atomic E-state index is 0.0327. The van der Waals surface area contributed by atoms with Gasteiger partial charge in [0.15, 0.2) is 11.5 Å². The molecule has 0 bridgehead atoms. The van der Waals surface area contributed by atoms with Crippen molar-refractivity contribution in [1.29, 1.82) is 0 Å². The van der Waals surface area contributed by atoms with Crippen LogP contribution in [0.1, 0.15) is 23.8 Å². The molecule has 3 heterocycles. The summed E-state index contributed by atoms with van der Waals surface area (Å²) in [6, 6.07) is 12.7. The summed E-state index contributed by atoms with van der Waals surface area (Å²) in [6.45, 7) is 4.00. The molecule has 1 aliphatic heterocycles. The van der Waals surface area contributed by atoms with Crippen molar-refractivity contribution in [1.82, 2.24) is 14.7 Å². The highest BCUT2D eigenvalue weighted by Gasteiger charge is 2.36. The van der Waals surface area contributed by atoms with Crippen LogP contribution in [0.4, 0.5) is 0 Å². The minimum Gasteiger partial charge on any atom is -0.463 e. The van der Waals surface area contributed by atoms with Gasteiger partial charge in [0, 0.05) is 24.2 Å².